The lowest BCUT2D eigenvalue weighted by atomic mass is 10.0. The zero-order chi connectivity index (χ0) is 13.0. The van der Waals surface area contributed by atoms with E-state index in [9.17, 15) is 4.79 Å². The Hall–Kier alpha value is -0.590. The van der Waals surface area contributed by atoms with Crippen molar-refractivity contribution in [3.8, 4) is 0 Å². The van der Waals surface area contributed by atoms with Crippen molar-refractivity contribution in [2.75, 3.05) is 0 Å². The zero-order valence-corrected chi connectivity index (χ0v) is 11.8. The standard InChI is InChI=1S/C12H18N2O2S2/c13-11(12(15)16)9-6-18-10(14-9)7-17-8-4-2-1-3-5-8/h6,8,11H,1-5,7,13H2,(H,15,16). The van der Waals surface area contributed by atoms with Crippen molar-refractivity contribution in [1.82, 2.24) is 4.98 Å². The van der Waals surface area contributed by atoms with Crippen LogP contribution in [0, 0.1) is 0 Å². The number of hydrogen-bond donors (Lipinski definition) is 2. The fourth-order valence-corrected chi connectivity index (χ4v) is 4.28. The Morgan fingerprint density at radius 1 is 1.56 bits per heavy atom. The van der Waals surface area contributed by atoms with Gasteiger partial charge in [0.25, 0.3) is 0 Å². The fourth-order valence-electron chi connectivity index (χ4n) is 2.08. The van der Waals surface area contributed by atoms with Crippen LogP contribution in [0.2, 0.25) is 0 Å². The minimum atomic E-state index is -1.02. The van der Waals surface area contributed by atoms with Gasteiger partial charge in [0.05, 0.1) is 5.69 Å². The average Bonchev–Trinajstić information content (AvgIpc) is 2.85. The topological polar surface area (TPSA) is 76.2 Å². The van der Waals surface area contributed by atoms with Crippen LogP contribution < -0.4 is 5.73 Å². The van der Waals surface area contributed by atoms with Crippen LogP contribution >= 0.6 is 23.1 Å². The van der Waals surface area contributed by atoms with Crippen LogP contribution in [0.25, 0.3) is 0 Å². The lowest BCUT2D eigenvalue weighted by Gasteiger charge is -2.20. The molecule has 1 aliphatic carbocycles. The zero-order valence-electron chi connectivity index (χ0n) is 10.2. The number of carboxylic acids is 1. The Kier molecular flexibility index (Phi) is 5.03. The summed E-state index contributed by atoms with van der Waals surface area (Å²) in [4.78, 5) is 15.1. The molecule has 0 radical (unpaired) electrons. The quantitative estimate of drug-likeness (QED) is 0.870. The first kappa shape index (κ1) is 13.8. The van der Waals surface area contributed by atoms with Crippen LogP contribution in [0.5, 0.6) is 0 Å². The van der Waals surface area contributed by atoms with Crippen LogP contribution in [-0.2, 0) is 10.5 Å². The Morgan fingerprint density at radius 2 is 2.28 bits per heavy atom. The number of aliphatic carboxylic acids is 1. The van der Waals surface area contributed by atoms with Crippen molar-refractivity contribution in [2.24, 2.45) is 5.73 Å². The molecular formula is C12H18N2O2S2. The van der Waals surface area contributed by atoms with Gasteiger partial charge >= 0.3 is 5.97 Å². The monoisotopic (exact) mass is 286 g/mol. The van der Waals surface area contributed by atoms with Gasteiger partial charge < -0.3 is 10.8 Å². The molecule has 1 fully saturated rings. The number of thiazole rings is 1. The molecule has 6 heteroatoms. The summed E-state index contributed by atoms with van der Waals surface area (Å²) >= 11 is 3.45. The third-order valence-corrected chi connectivity index (χ3v) is 5.58. The molecule has 0 bridgehead atoms. The van der Waals surface area contributed by atoms with Crippen molar-refractivity contribution in [3.05, 3.63) is 16.1 Å². The van der Waals surface area contributed by atoms with E-state index in [1.165, 1.54) is 43.4 Å². The maximum Gasteiger partial charge on any atom is 0.326 e. The van der Waals surface area contributed by atoms with Crippen molar-refractivity contribution in [3.63, 3.8) is 0 Å². The maximum absolute atomic E-state index is 10.7. The van der Waals surface area contributed by atoms with Crippen molar-refractivity contribution < 1.29 is 9.90 Å². The molecule has 1 heterocycles. The normalized spacial score (nSPS) is 18.7. The number of rotatable bonds is 5. The smallest absolute Gasteiger partial charge is 0.326 e. The molecule has 0 spiro atoms. The van der Waals surface area contributed by atoms with E-state index in [4.69, 9.17) is 10.8 Å². The van der Waals surface area contributed by atoms with Gasteiger partial charge in [0.1, 0.15) is 11.0 Å². The summed E-state index contributed by atoms with van der Waals surface area (Å²) in [6.07, 6.45) is 6.65. The highest BCUT2D eigenvalue weighted by Gasteiger charge is 2.19. The number of carbonyl (C=O) groups is 1. The maximum atomic E-state index is 10.7. The molecule has 0 aliphatic heterocycles. The average molecular weight is 286 g/mol. The first-order valence-electron chi connectivity index (χ1n) is 6.21. The minimum absolute atomic E-state index is 0.478. The van der Waals surface area contributed by atoms with Crippen LogP contribution in [0.3, 0.4) is 0 Å². The van der Waals surface area contributed by atoms with E-state index in [0.717, 1.165) is 16.0 Å². The van der Waals surface area contributed by atoms with Gasteiger partial charge in [-0.1, -0.05) is 19.3 Å². The highest BCUT2D eigenvalue weighted by atomic mass is 32.2. The van der Waals surface area contributed by atoms with Gasteiger partial charge in [-0.25, -0.2) is 4.98 Å². The number of nitrogens with two attached hydrogens (primary N) is 1. The summed E-state index contributed by atoms with van der Waals surface area (Å²) in [5.41, 5.74) is 6.01. The van der Waals surface area contributed by atoms with E-state index in [2.05, 4.69) is 4.98 Å². The molecule has 4 nitrogen and oxygen atoms in total. The van der Waals surface area contributed by atoms with Crippen LogP contribution in [0.4, 0.5) is 0 Å². The summed E-state index contributed by atoms with van der Waals surface area (Å²) < 4.78 is 0. The molecule has 1 saturated carbocycles. The third kappa shape index (κ3) is 3.70. The molecule has 100 valence electrons. The second-order valence-corrected chi connectivity index (χ2v) is 6.78. The minimum Gasteiger partial charge on any atom is -0.480 e. The first-order valence-corrected chi connectivity index (χ1v) is 8.14. The lowest BCUT2D eigenvalue weighted by molar-refractivity contribution is -0.138. The van der Waals surface area contributed by atoms with Gasteiger partial charge in [-0.3, -0.25) is 4.79 Å². The van der Waals surface area contributed by atoms with Crippen molar-refractivity contribution in [2.45, 2.75) is 49.1 Å². The largest absolute Gasteiger partial charge is 0.480 e. The first-order chi connectivity index (χ1) is 8.66. The molecule has 1 unspecified atom stereocenters. The number of hydrogen-bond acceptors (Lipinski definition) is 5. The molecule has 1 atom stereocenters. The molecule has 1 aliphatic rings. The summed E-state index contributed by atoms with van der Waals surface area (Å²) in [5, 5.41) is 12.3. The van der Waals surface area contributed by atoms with Gasteiger partial charge in [-0.15, -0.1) is 11.3 Å². The van der Waals surface area contributed by atoms with Crippen LogP contribution in [-0.4, -0.2) is 21.3 Å². The SMILES string of the molecule is NC(C(=O)O)c1csc(CSC2CCCCC2)n1. The van der Waals surface area contributed by atoms with Crippen LogP contribution in [0.1, 0.15) is 48.8 Å². The number of aromatic nitrogens is 1. The van der Waals surface area contributed by atoms with Gasteiger partial charge in [-0.05, 0) is 12.8 Å². The van der Waals surface area contributed by atoms with Crippen molar-refractivity contribution >= 4 is 29.1 Å². The Morgan fingerprint density at radius 3 is 2.94 bits per heavy atom. The summed E-state index contributed by atoms with van der Waals surface area (Å²) in [6.45, 7) is 0. The van der Waals surface area contributed by atoms with Gasteiger partial charge in [0.2, 0.25) is 0 Å². The number of thioether (sulfide) groups is 1. The van der Waals surface area contributed by atoms with E-state index in [0.29, 0.717) is 5.69 Å². The van der Waals surface area contributed by atoms with Crippen molar-refractivity contribution in [1.29, 1.82) is 0 Å². The van der Waals surface area contributed by atoms with Gasteiger partial charge in [0, 0.05) is 16.4 Å². The molecule has 18 heavy (non-hydrogen) atoms. The van der Waals surface area contributed by atoms with E-state index < -0.39 is 12.0 Å². The predicted octanol–water partition coefficient (Wildman–Crippen LogP) is 2.79. The highest BCUT2D eigenvalue weighted by Crippen LogP contribution is 2.31. The summed E-state index contributed by atoms with van der Waals surface area (Å²) in [7, 11) is 0. The van der Waals surface area contributed by atoms with Gasteiger partial charge in [-0.2, -0.15) is 11.8 Å². The van der Waals surface area contributed by atoms with E-state index >= 15 is 0 Å². The number of nitrogens with zero attached hydrogens (tertiary/aromatic N) is 1. The molecule has 3 N–H and O–H groups in total. The van der Waals surface area contributed by atoms with E-state index in [1.54, 1.807) is 5.38 Å². The Labute approximate surface area is 115 Å². The summed E-state index contributed by atoms with van der Waals surface area (Å²) in [5.74, 6) is -0.145. The second kappa shape index (κ2) is 6.54. The highest BCUT2D eigenvalue weighted by molar-refractivity contribution is 7.99. The van der Waals surface area contributed by atoms with E-state index in [1.807, 2.05) is 11.8 Å². The molecule has 0 saturated heterocycles. The second-order valence-electron chi connectivity index (χ2n) is 4.55. The number of carboxylic acid groups (broad SMARTS) is 1. The molecule has 1 aromatic rings. The fraction of sp³-hybridized carbons (Fsp3) is 0.667. The Bertz CT molecular complexity index is 403. The van der Waals surface area contributed by atoms with Gasteiger partial charge in [0.15, 0.2) is 0 Å². The molecule has 1 aromatic heterocycles. The Balaban J connectivity index is 1.84. The van der Waals surface area contributed by atoms with E-state index in [-0.39, 0.29) is 0 Å². The molecule has 2 rings (SSSR count). The predicted molar refractivity (Wildman–Crippen MR) is 74.8 cm³/mol. The molecule has 0 amide bonds. The molecular weight excluding hydrogens is 268 g/mol. The lowest BCUT2D eigenvalue weighted by Crippen LogP contribution is -2.20. The molecule has 0 aromatic carbocycles. The third-order valence-electron chi connectivity index (χ3n) is 3.15. The van der Waals surface area contributed by atoms with Crippen LogP contribution in [0.15, 0.2) is 5.38 Å². The summed E-state index contributed by atoms with van der Waals surface area (Å²) in [6, 6.07) is -0.991.